The van der Waals surface area contributed by atoms with Crippen molar-refractivity contribution in [3.63, 3.8) is 0 Å². The summed E-state index contributed by atoms with van der Waals surface area (Å²) in [6, 6.07) is 7.18. The number of aryl methyl sites for hydroxylation is 2. The summed E-state index contributed by atoms with van der Waals surface area (Å²) in [5, 5.41) is 2.13. The molecule has 0 fully saturated rings. The van der Waals surface area contributed by atoms with Crippen molar-refractivity contribution >= 4 is 16.9 Å². The third-order valence-electron chi connectivity index (χ3n) is 3.46. The summed E-state index contributed by atoms with van der Waals surface area (Å²) >= 11 is 0. The van der Waals surface area contributed by atoms with Gasteiger partial charge >= 0.3 is 5.69 Å². The normalized spacial score (nSPS) is 11.8. The average molecular weight is 312 g/mol. The minimum Gasteiger partial charge on any atom is -0.350 e. The van der Waals surface area contributed by atoms with Crippen molar-refractivity contribution in [2.24, 2.45) is 12.8 Å². The maximum absolute atomic E-state index is 13.0. The SMILES string of the molecule is Cn1c(=O)n(CCC(=O)NCC(F)(F)CN)c2ccccc21. The monoisotopic (exact) mass is 312 g/mol. The molecule has 0 bridgehead atoms. The summed E-state index contributed by atoms with van der Waals surface area (Å²) in [5.41, 5.74) is 6.10. The molecule has 22 heavy (non-hydrogen) atoms. The second-order valence-corrected chi connectivity index (χ2v) is 5.07. The first kappa shape index (κ1) is 16.2. The fourth-order valence-corrected chi connectivity index (χ4v) is 2.18. The largest absolute Gasteiger partial charge is 0.350 e. The zero-order chi connectivity index (χ0) is 16.3. The Kier molecular flexibility index (Phi) is 4.60. The first-order chi connectivity index (χ1) is 10.4. The maximum Gasteiger partial charge on any atom is 0.328 e. The number of nitrogens with one attached hydrogen (secondary N) is 1. The van der Waals surface area contributed by atoms with Gasteiger partial charge in [-0.05, 0) is 12.1 Å². The lowest BCUT2D eigenvalue weighted by atomic mass is 10.3. The summed E-state index contributed by atoms with van der Waals surface area (Å²) in [6.45, 7) is -1.50. The van der Waals surface area contributed by atoms with Crippen molar-refractivity contribution in [2.45, 2.75) is 18.9 Å². The number of aromatic nitrogens is 2. The van der Waals surface area contributed by atoms with E-state index in [1.54, 1.807) is 25.2 Å². The van der Waals surface area contributed by atoms with Gasteiger partial charge in [0.05, 0.1) is 24.1 Å². The number of para-hydroxylation sites is 2. The Morgan fingerprint density at radius 2 is 1.95 bits per heavy atom. The third-order valence-corrected chi connectivity index (χ3v) is 3.46. The number of alkyl halides is 2. The van der Waals surface area contributed by atoms with Gasteiger partial charge in [0.2, 0.25) is 5.91 Å². The zero-order valence-electron chi connectivity index (χ0n) is 12.2. The molecule has 0 aliphatic rings. The van der Waals surface area contributed by atoms with E-state index in [0.29, 0.717) is 5.52 Å². The molecule has 0 atom stereocenters. The Morgan fingerprint density at radius 3 is 2.59 bits per heavy atom. The molecule has 0 unspecified atom stereocenters. The van der Waals surface area contributed by atoms with Gasteiger partial charge in [0.15, 0.2) is 0 Å². The minimum atomic E-state index is -3.12. The molecule has 2 aromatic rings. The molecule has 6 nitrogen and oxygen atoms in total. The summed E-state index contributed by atoms with van der Waals surface area (Å²) in [4.78, 5) is 23.7. The second kappa shape index (κ2) is 6.27. The predicted octanol–water partition coefficient (Wildman–Crippen LogP) is 0.440. The number of fused-ring (bicyclic) bond motifs is 1. The van der Waals surface area contributed by atoms with Crippen molar-refractivity contribution in [1.29, 1.82) is 0 Å². The van der Waals surface area contributed by atoms with Crippen LogP contribution in [0, 0.1) is 0 Å². The van der Waals surface area contributed by atoms with Crippen LogP contribution in [-0.4, -0.2) is 34.1 Å². The van der Waals surface area contributed by atoms with E-state index >= 15 is 0 Å². The Bertz CT molecular complexity index is 736. The lowest BCUT2D eigenvalue weighted by Crippen LogP contribution is -2.41. The van der Waals surface area contributed by atoms with Crippen LogP contribution < -0.4 is 16.7 Å². The van der Waals surface area contributed by atoms with E-state index in [9.17, 15) is 18.4 Å². The van der Waals surface area contributed by atoms with E-state index in [0.717, 1.165) is 5.52 Å². The number of amides is 1. The van der Waals surface area contributed by atoms with Crippen LogP contribution in [0.2, 0.25) is 0 Å². The molecule has 0 saturated heterocycles. The van der Waals surface area contributed by atoms with Crippen LogP contribution in [0.5, 0.6) is 0 Å². The topological polar surface area (TPSA) is 82.0 Å². The van der Waals surface area contributed by atoms with Crippen LogP contribution in [0.3, 0.4) is 0 Å². The van der Waals surface area contributed by atoms with Gasteiger partial charge in [-0.2, -0.15) is 0 Å². The predicted molar refractivity (Wildman–Crippen MR) is 78.8 cm³/mol. The van der Waals surface area contributed by atoms with Gasteiger partial charge in [-0.3, -0.25) is 13.9 Å². The fraction of sp³-hybridized carbons (Fsp3) is 0.429. The Hall–Kier alpha value is -2.22. The molecule has 1 heterocycles. The molecular formula is C14H18F2N4O2. The number of nitrogens with zero attached hydrogens (tertiary/aromatic N) is 2. The first-order valence-corrected chi connectivity index (χ1v) is 6.84. The summed E-state index contributed by atoms with van der Waals surface area (Å²) in [5.74, 6) is -3.67. The molecular weight excluding hydrogens is 294 g/mol. The highest BCUT2D eigenvalue weighted by Gasteiger charge is 2.27. The van der Waals surface area contributed by atoms with E-state index in [1.807, 2.05) is 6.07 Å². The molecule has 120 valence electrons. The van der Waals surface area contributed by atoms with Gasteiger partial charge in [-0.1, -0.05) is 12.1 Å². The first-order valence-electron chi connectivity index (χ1n) is 6.84. The van der Waals surface area contributed by atoms with E-state index in [1.165, 1.54) is 9.13 Å². The van der Waals surface area contributed by atoms with Crippen molar-refractivity contribution in [3.8, 4) is 0 Å². The number of carbonyl (C=O) groups is 1. The molecule has 1 aromatic carbocycles. The quantitative estimate of drug-likeness (QED) is 0.812. The lowest BCUT2D eigenvalue weighted by molar-refractivity contribution is -0.123. The van der Waals surface area contributed by atoms with Crippen LogP contribution in [0.15, 0.2) is 29.1 Å². The fourth-order valence-electron chi connectivity index (χ4n) is 2.18. The Morgan fingerprint density at radius 1 is 1.32 bits per heavy atom. The minimum absolute atomic E-state index is 0.0609. The molecule has 0 saturated carbocycles. The molecule has 3 N–H and O–H groups in total. The van der Waals surface area contributed by atoms with Crippen LogP contribution in [0.4, 0.5) is 8.78 Å². The number of hydrogen-bond donors (Lipinski definition) is 2. The summed E-state index contributed by atoms with van der Waals surface area (Å²) in [6.07, 6.45) is -0.0609. The van der Waals surface area contributed by atoms with E-state index in [2.05, 4.69) is 5.32 Å². The Labute approximate surface area is 125 Å². The average Bonchev–Trinajstić information content (AvgIpc) is 2.75. The van der Waals surface area contributed by atoms with Gasteiger partial charge in [-0.25, -0.2) is 13.6 Å². The number of hydrogen-bond acceptors (Lipinski definition) is 3. The van der Waals surface area contributed by atoms with Crippen molar-refractivity contribution in [1.82, 2.24) is 14.5 Å². The van der Waals surface area contributed by atoms with E-state index in [-0.39, 0.29) is 18.7 Å². The summed E-state index contributed by atoms with van der Waals surface area (Å²) < 4.78 is 28.8. The standard InChI is InChI=1S/C14H18F2N4O2/c1-19-10-4-2-3-5-11(10)20(13(19)22)7-6-12(21)18-9-14(15,16)8-17/h2-5H,6-9,17H2,1H3,(H,18,21). The van der Waals surface area contributed by atoms with Gasteiger partial charge in [0.1, 0.15) is 0 Å². The number of nitrogens with two attached hydrogens (primary N) is 1. The van der Waals surface area contributed by atoms with Gasteiger partial charge in [0.25, 0.3) is 5.92 Å². The molecule has 0 spiro atoms. The molecule has 0 aliphatic heterocycles. The molecule has 0 radical (unpaired) electrons. The van der Waals surface area contributed by atoms with Crippen LogP contribution in [0.1, 0.15) is 6.42 Å². The van der Waals surface area contributed by atoms with Gasteiger partial charge in [-0.15, -0.1) is 0 Å². The Balaban J connectivity index is 2.05. The maximum atomic E-state index is 13.0. The number of benzene rings is 1. The van der Waals surface area contributed by atoms with E-state index < -0.39 is 24.9 Å². The highest BCUT2D eigenvalue weighted by atomic mass is 19.3. The number of halogens is 2. The van der Waals surface area contributed by atoms with Gasteiger partial charge in [0, 0.05) is 20.0 Å². The molecule has 1 amide bonds. The summed E-state index contributed by atoms with van der Waals surface area (Å²) in [7, 11) is 1.64. The van der Waals surface area contributed by atoms with E-state index in [4.69, 9.17) is 5.73 Å². The molecule has 1 aromatic heterocycles. The van der Waals surface area contributed by atoms with Crippen LogP contribution in [0.25, 0.3) is 11.0 Å². The van der Waals surface area contributed by atoms with Crippen molar-refractivity contribution in [2.75, 3.05) is 13.1 Å². The second-order valence-electron chi connectivity index (χ2n) is 5.07. The molecule has 0 aliphatic carbocycles. The molecule has 2 rings (SSSR count). The highest BCUT2D eigenvalue weighted by Crippen LogP contribution is 2.12. The lowest BCUT2D eigenvalue weighted by Gasteiger charge is -2.14. The highest BCUT2D eigenvalue weighted by molar-refractivity contribution is 5.77. The van der Waals surface area contributed by atoms with Gasteiger partial charge < -0.3 is 11.1 Å². The zero-order valence-corrected chi connectivity index (χ0v) is 12.2. The van der Waals surface area contributed by atoms with Crippen molar-refractivity contribution < 1.29 is 13.6 Å². The van der Waals surface area contributed by atoms with Crippen LogP contribution >= 0.6 is 0 Å². The number of carbonyl (C=O) groups excluding carboxylic acids is 1. The molecule has 8 heteroatoms. The van der Waals surface area contributed by atoms with Crippen LogP contribution in [-0.2, 0) is 18.4 Å². The number of rotatable bonds is 6. The smallest absolute Gasteiger partial charge is 0.328 e. The third kappa shape index (κ3) is 3.33. The number of imidazole rings is 1. The van der Waals surface area contributed by atoms with Crippen molar-refractivity contribution in [3.05, 3.63) is 34.7 Å².